The van der Waals surface area contributed by atoms with Crippen molar-refractivity contribution in [2.75, 3.05) is 7.05 Å². The average Bonchev–Trinajstić information content (AvgIpc) is 3.48. The zero-order valence-electron chi connectivity index (χ0n) is 16.0. The van der Waals surface area contributed by atoms with E-state index in [1.807, 2.05) is 0 Å². The van der Waals surface area contributed by atoms with Crippen LogP contribution in [0.1, 0.15) is 44.9 Å². The topological polar surface area (TPSA) is 72.5 Å². The van der Waals surface area contributed by atoms with Gasteiger partial charge in [0, 0.05) is 7.05 Å². The van der Waals surface area contributed by atoms with Crippen LogP contribution in [0.25, 0.3) is 0 Å². The molecule has 6 rings (SSSR count). The van der Waals surface area contributed by atoms with Crippen LogP contribution in [-0.2, 0) is 19.8 Å². The number of alkyl halides is 1. The highest BCUT2D eigenvalue weighted by Crippen LogP contribution is 2.55. The van der Waals surface area contributed by atoms with Gasteiger partial charge in [-0.1, -0.05) is 0 Å². The van der Waals surface area contributed by atoms with Crippen LogP contribution in [0.3, 0.4) is 0 Å². The first-order valence-corrected chi connectivity index (χ1v) is 11.5. The number of amides is 1. The minimum atomic E-state index is -2.78. The molecule has 5 nitrogen and oxygen atoms in total. The third-order valence-corrected chi connectivity index (χ3v) is 8.13. The van der Waals surface area contributed by atoms with Gasteiger partial charge in [-0.2, -0.15) is 8.42 Å². The van der Waals surface area contributed by atoms with Gasteiger partial charge in [-0.05, 0) is 86.2 Å². The van der Waals surface area contributed by atoms with Crippen LogP contribution in [0.4, 0.5) is 4.39 Å². The predicted octanol–water partition coefficient (Wildman–Crippen LogP) is 2.57. The molecule has 5 saturated carbocycles. The lowest BCUT2D eigenvalue weighted by Crippen LogP contribution is -2.50. The highest BCUT2D eigenvalue weighted by atomic mass is 32.2. The summed E-state index contributed by atoms with van der Waals surface area (Å²) in [5, 5.41) is 2.42. The normalized spacial score (nSPS) is 39.1. The van der Waals surface area contributed by atoms with E-state index < -0.39 is 27.2 Å². The average molecular weight is 408 g/mol. The van der Waals surface area contributed by atoms with Gasteiger partial charge in [0.15, 0.2) is 11.0 Å². The lowest BCUT2D eigenvalue weighted by Gasteiger charge is -2.54. The maximum atomic E-state index is 15.1. The van der Waals surface area contributed by atoms with Gasteiger partial charge in [-0.3, -0.25) is 4.79 Å². The zero-order chi connectivity index (χ0) is 19.6. The molecule has 0 radical (unpaired) electrons. The summed E-state index contributed by atoms with van der Waals surface area (Å²) >= 11 is 0. The Hall–Kier alpha value is -1.63. The fraction of sp³-hybridized carbons (Fsp3) is 0.714. The van der Waals surface area contributed by atoms with E-state index in [1.165, 1.54) is 13.5 Å². The summed E-state index contributed by atoms with van der Waals surface area (Å²) in [5.74, 6) is 2.20. The molecule has 0 aromatic carbocycles. The maximum absolute atomic E-state index is 15.1. The number of likely N-dealkylation sites (N-methyl/N-ethyl adjacent to an activating group) is 1. The Morgan fingerprint density at radius 1 is 1.11 bits per heavy atom. The smallest absolute Gasteiger partial charge is 0.250 e. The largest absolute Gasteiger partial charge is 0.488 e. The molecule has 0 saturated heterocycles. The lowest BCUT2D eigenvalue weighted by molar-refractivity contribution is -0.117. The van der Waals surface area contributed by atoms with Crippen molar-refractivity contribution in [3.05, 3.63) is 23.0 Å². The van der Waals surface area contributed by atoms with Crippen LogP contribution in [0.15, 0.2) is 23.0 Å². The van der Waals surface area contributed by atoms with Gasteiger partial charge in [0.25, 0.3) is 0 Å². The maximum Gasteiger partial charge on any atom is 0.250 e. The molecule has 28 heavy (non-hydrogen) atoms. The second kappa shape index (κ2) is 6.71. The van der Waals surface area contributed by atoms with Gasteiger partial charge >= 0.3 is 0 Å². The van der Waals surface area contributed by atoms with Crippen LogP contribution in [0.5, 0.6) is 0 Å². The van der Waals surface area contributed by atoms with Crippen molar-refractivity contribution in [1.29, 1.82) is 0 Å². The molecule has 5 fully saturated rings. The number of halogens is 1. The standard InChI is InChI=1S/C21H26FNO4S/c1-23-21(24)16-9-15(12-2-3-12)19(20(17(16)22)28(25)26)27-18-13-5-10-4-11(7-13)8-14(18)6-10/h9-14,17-18H,2-8H2,1H3,(H,23,24). The summed E-state index contributed by atoms with van der Waals surface area (Å²) in [6, 6.07) is 0. The number of ether oxygens (including phenoxy) is 1. The van der Waals surface area contributed by atoms with Crippen molar-refractivity contribution in [2.24, 2.45) is 29.6 Å². The monoisotopic (exact) mass is 407 g/mol. The first kappa shape index (κ1) is 18.4. The van der Waals surface area contributed by atoms with Crippen molar-refractivity contribution >= 4 is 21.1 Å². The van der Waals surface area contributed by atoms with E-state index in [9.17, 15) is 13.2 Å². The number of rotatable bonds is 4. The van der Waals surface area contributed by atoms with Crippen LogP contribution < -0.4 is 5.32 Å². The molecule has 4 bridgehead atoms. The minimum absolute atomic E-state index is 0.0303. The van der Waals surface area contributed by atoms with Crippen molar-refractivity contribution in [3.8, 4) is 0 Å². The van der Waals surface area contributed by atoms with Crippen LogP contribution in [0.2, 0.25) is 0 Å². The quantitative estimate of drug-likeness (QED) is 0.727. The zero-order valence-corrected chi connectivity index (χ0v) is 16.8. The molecule has 6 aliphatic carbocycles. The second-order valence-electron chi connectivity index (χ2n) is 9.21. The lowest BCUT2D eigenvalue weighted by atomic mass is 9.55. The molecule has 0 spiro atoms. The molecule has 0 aromatic rings. The molecule has 1 amide bonds. The highest BCUT2D eigenvalue weighted by molar-refractivity contribution is 7.73. The summed E-state index contributed by atoms with van der Waals surface area (Å²) < 4.78 is 45.6. The first-order valence-electron chi connectivity index (χ1n) is 10.4. The second-order valence-corrected chi connectivity index (χ2v) is 10.1. The van der Waals surface area contributed by atoms with E-state index >= 15 is 4.39 Å². The molecule has 1 N–H and O–H groups in total. The van der Waals surface area contributed by atoms with Crippen molar-refractivity contribution in [2.45, 2.75) is 57.2 Å². The summed E-state index contributed by atoms with van der Waals surface area (Å²) in [7, 11) is -1.36. The summed E-state index contributed by atoms with van der Waals surface area (Å²) in [5.41, 5.74) is 0.557. The van der Waals surface area contributed by atoms with E-state index in [4.69, 9.17) is 4.74 Å². The summed E-state index contributed by atoms with van der Waals surface area (Å²) in [6.45, 7) is 0. The summed E-state index contributed by atoms with van der Waals surface area (Å²) in [4.78, 5) is 11.7. The van der Waals surface area contributed by atoms with Crippen LogP contribution in [-0.4, -0.2) is 38.5 Å². The fourth-order valence-corrected chi connectivity index (χ4v) is 6.83. The molecule has 152 valence electrons. The Morgan fingerprint density at radius 2 is 1.71 bits per heavy atom. The van der Waals surface area contributed by atoms with Gasteiger partial charge in [0.1, 0.15) is 11.9 Å². The first-order chi connectivity index (χ1) is 13.5. The van der Waals surface area contributed by atoms with E-state index in [0.29, 0.717) is 17.4 Å². The molecular formula is C21H26FNO4S. The van der Waals surface area contributed by atoms with Crippen LogP contribution >= 0.6 is 0 Å². The third kappa shape index (κ3) is 2.93. The highest BCUT2D eigenvalue weighted by Gasteiger charge is 2.51. The van der Waals surface area contributed by atoms with Gasteiger partial charge in [0.2, 0.25) is 16.2 Å². The fourth-order valence-electron chi connectivity index (χ4n) is 6.22. The number of carbonyl (C=O) groups is 1. The van der Waals surface area contributed by atoms with E-state index in [1.54, 1.807) is 6.08 Å². The number of allylic oxidation sites excluding steroid dienone is 3. The van der Waals surface area contributed by atoms with E-state index in [2.05, 4.69) is 5.32 Å². The number of nitrogens with one attached hydrogen (secondary N) is 1. The molecule has 1 atom stereocenters. The number of hydrogen-bond acceptors (Lipinski definition) is 4. The minimum Gasteiger partial charge on any atom is -0.488 e. The van der Waals surface area contributed by atoms with Crippen LogP contribution in [0, 0.1) is 29.6 Å². The van der Waals surface area contributed by atoms with Crippen molar-refractivity contribution < 1.29 is 22.3 Å². The Labute approximate surface area is 165 Å². The molecule has 0 aromatic heterocycles. The number of carbonyl (C=O) groups excluding carboxylic acids is 1. The Balaban J connectivity index is 1.56. The Kier molecular flexibility index (Phi) is 4.41. The molecule has 7 heteroatoms. The predicted molar refractivity (Wildman–Crippen MR) is 103 cm³/mol. The SMILES string of the molecule is CNC(=O)C1=CC(C2CC2)=C(OC2C3CC4CC(C3)CC2C4)C(=S(=O)=O)C1F. The Bertz CT molecular complexity index is 879. The molecule has 0 aliphatic heterocycles. The van der Waals surface area contributed by atoms with Gasteiger partial charge < -0.3 is 10.1 Å². The summed E-state index contributed by atoms with van der Waals surface area (Å²) in [6.07, 6.45) is 7.23. The van der Waals surface area contributed by atoms with Crippen molar-refractivity contribution in [3.63, 3.8) is 0 Å². The third-order valence-electron chi connectivity index (χ3n) is 7.38. The Morgan fingerprint density at radius 3 is 2.21 bits per heavy atom. The number of hydrogen-bond donors (Lipinski definition) is 1. The van der Waals surface area contributed by atoms with E-state index in [0.717, 1.165) is 50.4 Å². The molecule has 6 aliphatic rings. The van der Waals surface area contributed by atoms with Crippen molar-refractivity contribution in [1.82, 2.24) is 5.32 Å². The van der Waals surface area contributed by atoms with Gasteiger partial charge in [0.05, 0.1) is 5.57 Å². The molecule has 1 unspecified atom stereocenters. The van der Waals surface area contributed by atoms with E-state index in [-0.39, 0.29) is 23.4 Å². The molecular weight excluding hydrogens is 381 g/mol. The van der Waals surface area contributed by atoms with Gasteiger partial charge in [-0.15, -0.1) is 0 Å². The van der Waals surface area contributed by atoms with Gasteiger partial charge in [-0.25, -0.2) is 4.39 Å². The molecule has 0 heterocycles.